The monoisotopic (exact) mass is 246 g/mol. The van der Waals surface area contributed by atoms with Gasteiger partial charge in [0.1, 0.15) is 0 Å². The Balaban J connectivity index is 2.10. The molecule has 6 nitrogen and oxygen atoms in total. The van der Waals surface area contributed by atoms with Gasteiger partial charge < -0.3 is 15.6 Å². The van der Waals surface area contributed by atoms with E-state index < -0.39 is 0 Å². The molecule has 1 heterocycles. The molecule has 1 aromatic carbocycles. The van der Waals surface area contributed by atoms with Crippen molar-refractivity contribution >= 4 is 5.91 Å². The molecule has 18 heavy (non-hydrogen) atoms. The largest absolute Gasteiger partial charge is 0.347 e. The molecule has 0 saturated heterocycles. The van der Waals surface area contributed by atoms with Gasteiger partial charge in [-0.2, -0.15) is 4.98 Å². The Morgan fingerprint density at radius 2 is 2.11 bits per heavy atom. The molecule has 1 aromatic heterocycles. The second kappa shape index (κ2) is 5.42. The number of benzene rings is 1. The third-order valence-electron chi connectivity index (χ3n) is 2.40. The number of nitrogens with zero attached hydrogens (tertiary/aromatic N) is 2. The Bertz CT molecular complexity index is 533. The van der Waals surface area contributed by atoms with Crippen LogP contribution in [0, 0.1) is 0 Å². The van der Waals surface area contributed by atoms with Crippen molar-refractivity contribution in [1.82, 2.24) is 15.5 Å². The summed E-state index contributed by atoms with van der Waals surface area (Å²) in [5, 5.41) is 6.44. The third kappa shape index (κ3) is 2.92. The molecule has 0 spiro atoms. The van der Waals surface area contributed by atoms with Gasteiger partial charge in [-0.1, -0.05) is 29.4 Å². The summed E-state index contributed by atoms with van der Waals surface area (Å²) in [5.74, 6) is 0.740. The first kappa shape index (κ1) is 12.3. The summed E-state index contributed by atoms with van der Waals surface area (Å²) >= 11 is 0. The highest BCUT2D eigenvalue weighted by Gasteiger charge is 2.08. The molecular formula is C12H14N4O2. The van der Waals surface area contributed by atoms with E-state index in [0.29, 0.717) is 18.3 Å². The topological polar surface area (TPSA) is 94.0 Å². The predicted molar refractivity (Wildman–Crippen MR) is 65.1 cm³/mol. The van der Waals surface area contributed by atoms with E-state index >= 15 is 0 Å². The predicted octanol–water partition coefficient (Wildman–Crippen LogP) is 0.831. The molecule has 0 unspecified atom stereocenters. The Hall–Kier alpha value is -2.21. The number of nitrogens with two attached hydrogens (primary N) is 1. The van der Waals surface area contributed by atoms with Crippen molar-refractivity contribution in [3.63, 3.8) is 0 Å². The van der Waals surface area contributed by atoms with Crippen LogP contribution in [0.4, 0.5) is 0 Å². The number of hydrogen-bond donors (Lipinski definition) is 2. The molecule has 0 bridgehead atoms. The average molecular weight is 246 g/mol. The molecule has 3 N–H and O–H groups in total. The van der Waals surface area contributed by atoms with E-state index in [-0.39, 0.29) is 12.5 Å². The minimum Gasteiger partial charge on any atom is -0.347 e. The normalized spacial score (nSPS) is 10.3. The summed E-state index contributed by atoms with van der Waals surface area (Å²) in [7, 11) is 0. The van der Waals surface area contributed by atoms with Gasteiger partial charge in [0.15, 0.2) is 0 Å². The van der Waals surface area contributed by atoms with Crippen LogP contribution in [0.3, 0.4) is 0 Å². The zero-order valence-corrected chi connectivity index (χ0v) is 10.0. The smallest absolute Gasteiger partial charge is 0.246 e. The van der Waals surface area contributed by atoms with Crippen molar-refractivity contribution < 1.29 is 9.32 Å². The van der Waals surface area contributed by atoms with Gasteiger partial charge in [0.25, 0.3) is 0 Å². The Kier molecular flexibility index (Phi) is 3.69. The van der Waals surface area contributed by atoms with Crippen molar-refractivity contribution in [2.75, 3.05) is 0 Å². The number of amides is 1. The van der Waals surface area contributed by atoms with Crippen molar-refractivity contribution in [3.05, 3.63) is 35.7 Å². The first-order valence-corrected chi connectivity index (χ1v) is 5.55. The standard InChI is InChI=1S/C12H14N4O2/c1-8(17)14-7-11-15-12(16-18-11)10-4-2-9(6-13)3-5-10/h2-5H,6-7,13H2,1H3,(H,14,17). The van der Waals surface area contributed by atoms with Gasteiger partial charge in [-0.15, -0.1) is 0 Å². The first-order valence-electron chi connectivity index (χ1n) is 5.55. The van der Waals surface area contributed by atoms with Crippen molar-refractivity contribution in [3.8, 4) is 11.4 Å². The van der Waals surface area contributed by atoms with Gasteiger partial charge in [-0.3, -0.25) is 4.79 Å². The molecule has 6 heteroatoms. The number of aromatic nitrogens is 2. The zero-order valence-electron chi connectivity index (χ0n) is 10.0. The van der Waals surface area contributed by atoms with Crippen LogP contribution in [0.15, 0.2) is 28.8 Å². The number of nitrogens with one attached hydrogen (secondary N) is 1. The van der Waals surface area contributed by atoms with Crippen LogP contribution in [-0.4, -0.2) is 16.0 Å². The van der Waals surface area contributed by atoms with Crippen LogP contribution < -0.4 is 11.1 Å². The number of hydrogen-bond acceptors (Lipinski definition) is 5. The fraction of sp³-hybridized carbons (Fsp3) is 0.250. The van der Waals surface area contributed by atoms with Crippen LogP contribution in [0.1, 0.15) is 18.4 Å². The molecule has 2 aromatic rings. The summed E-state index contributed by atoms with van der Waals surface area (Å²) < 4.78 is 5.03. The quantitative estimate of drug-likeness (QED) is 0.833. The van der Waals surface area contributed by atoms with E-state index in [1.165, 1.54) is 6.92 Å². The van der Waals surface area contributed by atoms with Crippen LogP contribution >= 0.6 is 0 Å². The highest BCUT2D eigenvalue weighted by atomic mass is 16.5. The maximum atomic E-state index is 10.8. The summed E-state index contributed by atoms with van der Waals surface area (Å²) in [6.07, 6.45) is 0. The zero-order chi connectivity index (χ0) is 13.0. The average Bonchev–Trinajstić information content (AvgIpc) is 2.85. The molecule has 0 radical (unpaired) electrons. The van der Waals surface area contributed by atoms with E-state index in [2.05, 4.69) is 15.5 Å². The Morgan fingerprint density at radius 1 is 1.39 bits per heavy atom. The van der Waals surface area contributed by atoms with Gasteiger partial charge in [-0.25, -0.2) is 0 Å². The first-order chi connectivity index (χ1) is 8.69. The third-order valence-corrected chi connectivity index (χ3v) is 2.40. The lowest BCUT2D eigenvalue weighted by atomic mass is 10.1. The van der Waals surface area contributed by atoms with E-state index in [9.17, 15) is 4.79 Å². The maximum absolute atomic E-state index is 10.8. The molecule has 0 aliphatic heterocycles. The highest BCUT2D eigenvalue weighted by molar-refractivity contribution is 5.72. The van der Waals surface area contributed by atoms with E-state index in [1.54, 1.807) is 0 Å². The number of carbonyl (C=O) groups is 1. The second-order valence-corrected chi connectivity index (χ2v) is 3.82. The maximum Gasteiger partial charge on any atom is 0.246 e. The van der Waals surface area contributed by atoms with Gasteiger partial charge >= 0.3 is 0 Å². The van der Waals surface area contributed by atoms with Gasteiger partial charge in [-0.05, 0) is 5.56 Å². The van der Waals surface area contributed by atoms with Gasteiger partial charge in [0, 0.05) is 19.0 Å². The van der Waals surface area contributed by atoms with Crippen LogP contribution in [0.5, 0.6) is 0 Å². The van der Waals surface area contributed by atoms with Crippen molar-refractivity contribution in [1.29, 1.82) is 0 Å². The van der Waals surface area contributed by atoms with Gasteiger partial charge in [0.2, 0.25) is 17.6 Å². The SMILES string of the molecule is CC(=O)NCc1nc(-c2ccc(CN)cc2)no1. The molecule has 0 atom stereocenters. The molecule has 0 aliphatic carbocycles. The molecule has 0 saturated carbocycles. The lowest BCUT2D eigenvalue weighted by Crippen LogP contribution is -2.18. The van der Waals surface area contributed by atoms with Crippen molar-refractivity contribution in [2.24, 2.45) is 5.73 Å². The number of carbonyl (C=O) groups excluding carboxylic acids is 1. The lowest BCUT2D eigenvalue weighted by Gasteiger charge is -1.97. The molecule has 0 aliphatic rings. The fourth-order valence-electron chi connectivity index (χ4n) is 1.43. The summed E-state index contributed by atoms with van der Waals surface area (Å²) in [4.78, 5) is 14.9. The minimum atomic E-state index is -0.137. The second-order valence-electron chi connectivity index (χ2n) is 3.82. The molecule has 2 rings (SSSR count). The summed E-state index contributed by atoms with van der Waals surface area (Å²) in [5.41, 5.74) is 7.41. The molecule has 94 valence electrons. The summed E-state index contributed by atoms with van der Waals surface area (Å²) in [6.45, 7) is 2.17. The molecule has 0 fully saturated rings. The summed E-state index contributed by atoms with van der Waals surface area (Å²) in [6, 6.07) is 7.60. The van der Waals surface area contributed by atoms with E-state index in [1.807, 2.05) is 24.3 Å². The van der Waals surface area contributed by atoms with Gasteiger partial charge in [0.05, 0.1) is 6.54 Å². The van der Waals surface area contributed by atoms with Crippen molar-refractivity contribution in [2.45, 2.75) is 20.0 Å². The Labute approximate surface area is 104 Å². The molecule has 1 amide bonds. The Morgan fingerprint density at radius 3 is 2.72 bits per heavy atom. The number of rotatable bonds is 4. The van der Waals surface area contributed by atoms with E-state index in [4.69, 9.17) is 10.3 Å². The fourth-order valence-corrected chi connectivity index (χ4v) is 1.43. The molecular weight excluding hydrogens is 232 g/mol. The lowest BCUT2D eigenvalue weighted by molar-refractivity contribution is -0.119. The van der Waals surface area contributed by atoms with E-state index in [0.717, 1.165) is 11.1 Å². The van der Waals surface area contributed by atoms with Crippen LogP contribution in [0.25, 0.3) is 11.4 Å². The highest BCUT2D eigenvalue weighted by Crippen LogP contribution is 2.16. The van der Waals surface area contributed by atoms with Crippen LogP contribution in [-0.2, 0) is 17.9 Å². The van der Waals surface area contributed by atoms with Crippen LogP contribution in [0.2, 0.25) is 0 Å². The minimum absolute atomic E-state index is 0.137.